The molecule has 0 aliphatic carbocycles. The first-order chi connectivity index (χ1) is 11.7. The van der Waals surface area contributed by atoms with E-state index in [1.807, 2.05) is 30.3 Å². The van der Waals surface area contributed by atoms with Gasteiger partial charge in [-0.05, 0) is 41.3 Å². The van der Waals surface area contributed by atoms with Crippen LogP contribution in [0.4, 0.5) is 0 Å². The second-order valence-corrected chi connectivity index (χ2v) is 6.32. The van der Waals surface area contributed by atoms with Gasteiger partial charge < -0.3 is 14.8 Å². The maximum Gasteiger partial charge on any atom is 0.161 e. The Balaban J connectivity index is 1.76. The Hall–Kier alpha value is -2.51. The predicted molar refractivity (Wildman–Crippen MR) is 93.0 cm³/mol. The fraction of sp³-hybridized carbons (Fsp3) is 0.350. The average molecular weight is 322 g/mol. The van der Waals surface area contributed by atoms with Crippen molar-refractivity contribution < 1.29 is 9.47 Å². The molecule has 1 atom stereocenters. The molecule has 0 spiro atoms. The largest absolute Gasteiger partial charge is 0.486 e. The lowest BCUT2D eigenvalue weighted by Gasteiger charge is -2.25. The molecule has 3 rings (SSSR count). The molecule has 0 aromatic heterocycles. The summed E-state index contributed by atoms with van der Waals surface area (Å²) >= 11 is 0. The Morgan fingerprint density at radius 1 is 1.08 bits per heavy atom. The van der Waals surface area contributed by atoms with Gasteiger partial charge in [0.25, 0.3) is 0 Å². The number of nitrogens with one attached hydrogen (secondary N) is 1. The molecule has 1 aliphatic rings. The Kier molecular flexibility index (Phi) is 5.02. The van der Waals surface area contributed by atoms with E-state index < -0.39 is 0 Å². The van der Waals surface area contributed by atoms with E-state index in [-0.39, 0.29) is 6.04 Å². The van der Waals surface area contributed by atoms with Crippen LogP contribution in [-0.2, 0) is 6.54 Å². The monoisotopic (exact) mass is 322 g/mol. The second kappa shape index (κ2) is 7.37. The lowest BCUT2D eigenvalue weighted by molar-refractivity contribution is 0.171. The standard InChI is InChI=1S/C20H22N2O2/c1-14(2)20(22-13-16-5-3-4-15(10-16)12-21)17-6-7-18-19(11-17)24-9-8-23-18/h3-7,10-11,14,20,22H,8-9,13H2,1-2H3/t20-/m1/s1. The quantitative estimate of drug-likeness (QED) is 0.909. The van der Waals surface area contributed by atoms with Gasteiger partial charge in [-0.25, -0.2) is 0 Å². The third-order valence-electron chi connectivity index (χ3n) is 4.17. The number of hydrogen-bond acceptors (Lipinski definition) is 4. The van der Waals surface area contributed by atoms with Crippen LogP contribution in [0.3, 0.4) is 0 Å². The first kappa shape index (κ1) is 16.4. The predicted octanol–water partition coefficient (Wildman–Crippen LogP) is 3.82. The van der Waals surface area contributed by atoms with E-state index in [0.717, 1.165) is 17.1 Å². The van der Waals surface area contributed by atoms with E-state index in [1.165, 1.54) is 5.56 Å². The number of rotatable bonds is 5. The summed E-state index contributed by atoms with van der Waals surface area (Å²) in [6.45, 7) is 6.30. The van der Waals surface area contributed by atoms with Crippen LogP contribution in [0.25, 0.3) is 0 Å². The van der Waals surface area contributed by atoms with Crippen molar-refractivity contribution in [3.05, 3.63) is 59.2 Å². The molecule has 0 bridgehead atoms. The highest BCUT2D eigenvalue weighted by Crippen LogP contribution is 2.34. The van der Waals surface area contributed by atoms with Gasteiger partial charge in [0, 0.05) is 12.6 Å². The molecular weight excluding hydrogens is 300 g/mol. The fourth-order valence-electron chi connectivity index (χ4n) is 2.97. The molecule has 24 heavy (non-hydrogen) atoms. The summed E-state index contributed by atoms with van der Waals surface area (Å²) in [5.74, 6) is 2.05. The molecule has 4 nitrogen and oxygen atoms in total. The van der Waals surface area contributed by atoms with Gasteiger partial charge in [0.05, 0.1) is 11.6 Å². The minimum absolute atomic E-state index is 0.201. The molecule has 0 radical (unpaired) electrons. The van der Waals surface area contributed by atoms with Crippen molar-refractivity contribution in [1.29, 1.82) is 5.26 Å². The van der Waals surface area contributed by atoms with Crippen LogP contribution < -0.4 is 14.8 Å². The van der Waals surface area contributed by atoms with Crippen LogP contribution in [0.2, 0.25) is 0 Å². The molecular formula is C20H22N2O2. The van der Waals surface area contributed by atoms with Crippen LogP contribution >= 0.6 is 0 Å². The molecule has 0 saturated heterocycles. The Morgan fingerprint density at radius 2 is 1.88 bits per heavy atom. The number of ether oxygens (including phenoxy) is 2. The topological polar surface area (TPSA) is 54.3 Å². The summed E-state index contributed by atoms with van der Waals surface area (Å²) in [5, 5.41) is 12.6. The highest BCUT2D eigenvalue weighted by Gasteiger charge is 2.19. The highest BCUT2D eigenvalue weighted by molar-refractivity contribution is 5.44. The smallest absolute Gasteiger partial charge is 0.161 e. The molecule has 124 valence electrons. The van der Waals surface area contributed by atoms with Gasteiger partial charge in [-0.3, -0.25) is 0 Å². The fourth-order valence-corrected chi connectivity index (χ4v) is 2.97. The average Bonchev–Trinajstić information content (AvgIpc) is 2.61. The normalized spacial score (nSPS) is 14.2. The minimum Gasteiger partial charge on any atom is -0.486 e. The zero-order chi connectivity index (χ0) is 16.9. The third-order valence-corrected chi connectivity index (χ3v) is 4.17. The van der Waals surface area contributed by atoms with E-state index >= 15 is 0 Å². The van der Waals surface area contributed by atoms with Crippen molar-refractivity contribution >= 4 is 0 Å². The number of nitriles is 1. The zero-order valence-corrected chi connectivity index (χ0v) is 14.1. The molecule has 0 amide bonds. The van der Waals surface area contributed by atoms with Gasteiger partial charge >= 0.3 is 0 Å². The van der Waals surface area contributed by atoms with Gasteiger partial charge in [-0.1, -0.05) is 32.0 Å². The van der Waals surface area contributed by atoms with E-state index in [1.54, 1.807) is 0 Å². The molecule has 4 heteroatoms. The second-order valence-electron chi connectivity index (χ2n) is 6.32. The SMILES string of the molecule is CC(C)[C@@H](NCc1cccc(C#N)c1)c1ccc2c(c1)OCCO2. The van der Waals surface area contributed by atoms with Crippen LogP contribution in [0.1, 0.15) is 36.6 Å². The van der Waals surface area contributed by atoms with Crippen molar-refractivity contribution in [2.75, 3.05) is 13.2 Å². The number of fused-ring (bicyclic) bond motifs is 1. The van der Waals surface area contributed by atoms with E-state index in [2.05, 4.69) is 37.4 Å². The molecule has 2 aromatic carbocycles. The van der Waals surface area contributed by atoms with Gasteiger partial charge in [-0.15, -0.1) is 0 Å². The molecule has 1 N–H and O–H groups in total. The van der Waals surface area contributed by atoms with Crippen molar-refractivity contribution in [3.63, 3.8) is 0 Å². The maximum atomic E-state index is 9.02. The maximum absolute atomic E-state index is 9.02. The minimum atomic E-state index is 0.201. The van der Waals surface area contributed by atoms with Gasteiger partial charge in [0.1, 0.15) is 13.2 Å². The molecule has 0 saturated carbocycles. The van der Waals surface area contributed by atoms with Crippen molar-refractivity contribution in [2.24, 2.45) is 5.92 Å². The summed E-state index contributed by atoms with van der Waals surface area (Å²) in [5.41, 5.74) is 2.98. The van der Waals surface area contributed by atoms with Gasteiger partial charge in [0.2, 0.25) is 0 Å². The number of hydrogen-bond donors (Lipinski definition) is 1. The summed E-state index contributed by atoms with van der Waals surface area (Å²) < 4.78 is 11.3. The Labute approximate surface area is 143 Å². The Bertz CT molecular complexity index is 750. The van der Waals surface area contributed by atoms with E-state index in [0.29, 0.717) is 31.2 Å². The lowest BCUT2D eigenvalue weighted by atomic mass is 9.95. The van der Waals surface area contributed by atoms with Gasteiger partial charge in [0.15, 0.2) is 11.5 Å². The van der Waals surface area contributed by atoms with Crippen molar-refractivity contribution in [1.82, 2.24) is 5.32 Å². The highest BCUT2D eigenvalue weighted by atomic mass is 16.6. The number of benzene rings is 2. The number of nitrogens with zero attached hydrogens (tertiary/aromatic N) is 1. The first-order valence-corrected chi connectivity index (χ1v) is 8.29. The van der Waals surface area contributed by atoms with Crippen molar-refractivity contribution in [3.8, 4) is 17.6 Å². The molecule has 2 aromatic rings. The van der Waals surface area contributed by atoms with Crippen LogP contribution in [0, 0.1) is 17.2 Å². The summed E-state index contributed by atoms with van der Waals surface area (Å²) in [7, 11) is 0. The summed E-state index contributed by atoms with van der Waals surface area (Å²) in [6, 6.07) is 16.2. The van der Waals surface area contributed by atoms with E-state index in [9.17, 15) is 0 Å². The van der Waals surface area contributed by atoms with Crippen molar-refractivity contribution in [2.45, 2.75) is 26.4 Å². The zero-order valence-electron chi connectivity index (χ0n) is 14.1. The lowest BCUT2D eigenvalue weighted by Crippen LogP contribution is -2.26. The summed E-state index contributed by atoms with van der Waals surface area (Å²) in [4.78, 5) is 0. The molecule has 1 heterocycles. The van der Waals surface area contributed by atoms with Crippen LogP contribution in [-0.4, -0.2) is 13.2 Å². The van der Waals surface area contributed by atoms with Gasteiger partial charge in [-0.2, -0.15) is 5.26 Å². The van der Waals surface area contributed by atoms with Crippen LogP contribution in [0.5, 0.6) is 11.5 Å². The Morgan fingerprint density at radius 3 is 2.62 bits per heavy atom. The van der Waals surface area contributed by atoms with Crippen LogP contribution in [0.15, 0.2) is 42.5 Å². The molecule has 1 aliphatic heterocycles. The molecule has 0 unspecified atom stereocenters. The molecule has 0 fully saturated rings. The summed E-state index contributed by atoms with van der Waals surface area (Å²) in [6.07, 6.45) is 0. The van der Waals surface area contributed by atoms with E-state index in [4.69, 9.17) is 14.7 Å². The first-order valence-electron chi connectivity index (χ1n) is 8.29. The third kappa shape index (κ3) is 3.69.